The van der Waals surface area contributed by atoms with Gasteiger partial charge in [0.25, 0.3) is 0 Å². The summed E-state index contributed by atoms with van der Waals surface area (Å²) in [6.07, 6.45) is 4.81. The Hall–Kier alpha value is -5.74. The third-order valence-electron chi connectivity index (χ3n) is 14.8. The first-order chi connectivity index (χ1) is 33.7. The van der Waals surface area contributed by atoms with Crippen molar-refractivity contribution in [3.63, 3.8) is 0 Å². The minimum absolute atomic E-state index is 0.0303. The Morgan fingerprint density at radius 2 is 1.54 bits per heavy atom. The van der Waals surface area contributed by atoms with Gasteiger partial charge in [0.05, 0.1) is 31.4 Å². The molecule has 0 aromatic heterocycles. The third-order valence-corrected chi connectivity index (χ3v) is 14.8. The standard InChI is InChI=1S/C56H63N3O11/c1-54(2,3)67-46(61)28-26-41(34-60)57-51(62)42(30-35-15-8-5-9-16-35)58(4)53(64)55-32-45-47-48(69-56(68-47,39-19-10-6-11-20-39)40-21-12-7-13-22-40)50(55)70-59(49(55)52(63)66-45)33-38-18-14-17-36(29-38)23-24-37-25-27-43-44(31-37)65-43/h5-24,29,37,41-45,47-50,60H,25-28,30-34H2,1-4H3,(H,57,62). The van der Waals surface area contributed by atoms with Crippen molar-refractivity contribution in [3.8, 4) is 0 Å². The van der Waals surface area contributed by atoms with Gasteiger partial charge >= 0.3 is 11.9 Å². The Kier molecular flexibility index (Phi) is 13.3. The van der Waals surface area contributed by atoms with Gasteiger partial charge in [-0.25, -0.2) is 0 Å². The summed E-state index contributed by atoms with van der Waals surface area (Å²) >= 11 is 0. The van der Waals surface area contributed by atoms with Gasteiger partial charge in [0.1, 0.15) is 41.5 Å². The molecule has 2 aliphatic carbocycles. The molecule has 14 nitrogen and oxygen atoms in total. The number of hydrogen-bond donors (Lipinski definition) is 2. The lowest BCUT2D eigenvalue weighted by Crippen LogP contribution is -2.70. The highest BCUT2D eigenvalue weighted by Crippen LogP contribution is 2.60. The Morgan fingerprint density at radius 3 is 2.21 bits per heavy atom. The number of aliphatic hydroxyl groups is 1. The Labute approximate surface area is 409 Å². The highest BCUT2D eigenvalue weighted by atomic mass is 16.8. The van der Waals surface area contributed by atoms with E-state index in [1.807, 2.05) is 109 Å². The maximum Gasteiger partial charge on any atom is 0.327 e. The smallest absolute Gasteiger partial charge is 0.327 e. The SMILES string of the molecule is CN(C(=O)C12CC3OC(=O)C1N(Cc1cccc(C=CC4CCC5OC5C4)c1)OC2C1OC(c2ccccc2)(c2ccccc2)OC31)C(Cc1ccccc1)C(=O)NC(CO)CCC(=O)OC(C)(C)C. The molecule has 2 amide bonds. The molecular formula is C56H63N3O11. The summed E-state index contributed by atoms with van der Waals surface area (Å²) in [7, 11) is 1.57. The molecule has 2 saturated carbocycles. The normalized spacial score (nSPS) is 29.3. The lowest BCUT2D eigenvalue weighted by molar-refractivity contribution is -0.214. The summed E-state index contributed by atoms with van der Waals surface area (Å²) in [6, 6.07) is 33.4. The zero-order chi connectivity index (χ0) is 48.8. The number of nitrogens with zero attached hydrogens (tertiary/aromatic N) is 2. The predicted octanol–water partition coefficient (Wildman–Crippen LogP) is 6.42. The second kappa shape index (κ2) is 19.5. The molecule has 14 heteroatoms. The lowest BCUT2D eigenvalue weighted by atomic mass is 9.62. The van der Waals surface area contributed by atoms with E-state index >= 15 is 4.79 Å². The number of hydrogen-bond acceptors (Lipinski definition) is 12. The molecule has 0 radical (unpaired) electrons. The van der Waals surface area contributed by atoms with Crippen molar-refractivity contribution in [3.05, 3.63) is 149 Å². The highest BCUT2D eigenvalue weighted by molar-refractivity contribution is 5.96. The number of fused-ring (bicyclic) bond motifs is 5. The van der Waals surface area contributed by atoms with Crippen LogP contribution >= 0.6 is 0 Å². The van der Waals surface area contributed by atoms with Crippen molar-refractivity contribution >= 4 is 29.8 Å². The number of ether oxygens (including phenoxy) is 5. The fourth-order valence-electron chi connectivity index (χ4n) is 11.4. The van der Waals surface area contributed by atoms with Gasteiger partial charge in [-0.3, -0.25) is 24.0 Å². The first kappa shape index (κ1) is 47.9. The summed E-state index contributed by atoms with van der Waals surface area (Å²) in [4.78, 5) is 66.8. The maximum absolute atomic E-state index is 16.1. The van der Waals surface area contributed by atoms with Gasteiger partial charge in [-0.05, 0) is 69.1 Å². The summed E-state index contributed by atoms with van der Waals surface area (Å²) in [5.41, 5.74) is 1.74. The molecule has 6 fully saturated rings. The van der Waals surface area contributed by atoms with E-state index in [0.29, 0.717) is 29.3 Å². The third kappa shape index (κ3) is 9.45. The molecule has 368 valence electrons. The van der Waals surface area contributed by atoms with Gasteiger partial charge in [-0.2, -0.15) is 5.06 Å². The van der Waals surface area contributed by atoms with Crippen LogP contribution in [-0.2, 0) is 66.5 Å². The average molecular weight is 954 g/mol. The van der Waals surface area contributed by atoms with Gasteiger partial charge in [0, 0.05) is 37.4 Å². The Bertz CT molecular complexity index is 2530. The number of hydroxylamine groups is 2. The van der Waals surface area contributed by atoms with Gasteiger partial charge in [0.15, 0.2) is 6.04 Å². The van der Waals surface area contributed by atoms with E-state index in [-0.39, 0.29) is 32.2 Å². The second-order valence-electron chi connectivity index (χ2n) is 20.8. The first-order valence-electron chi connectivity index (χ1n) is 24.7. The van der Waals surface area contributed by atoms with Crippen molar-refractivity contribution in [1.29, 1.82) is 0 Å². The summed E-state index contributed by atoms with van der Waals surface area (Å²) in [5.74, 6) is -3.15. The molecule has 4 aromatic rings. The fourth-order valence-corrected chi connectivity index (χ4v) is 11.4. The van der Waals surface area contributed by atoms with Crippen LogP contribution in [-0.4, -0.2) is 113 Å². The van der Waals surface area contributed by atoms with Crippen LogP contribution in [0.3, 0.4) is 0 Å². The second-order valence-corrected chi connectivity index (χ2v) is 20.8. The molecule has 6 aliphatic rings. The van der Waals surface area contributed by atoms with Crippen molar-refractivity contribution in [1.82, 2.24) is 15.3 Å². The number of esters is 2. The molecule has 2 N–H and O–H groups in total. The minimum Gasteiger partial charge on any atom is -0.460 e. The van der Waals surface area contributed by atoms with Crippen LogP contribution in [0.2, 0.25) is 0 Å². The van der Waals surface area contributed by atoms with Crippen LogP contribution in [0, 0.1) is 11.3 Å². The van der Waals surface area contributed by atoms with Crippen molar-refractivity contribution in [2.75, 3.05) is 13.7 Å². The van der Waals surface area contributed by atoms with E-state index in [4.69, 9.17) is 28.5 Å². The summed E-state index contributed by atoms with van der Waals surface area (Å²) < 4.78 is 32.0. The number of benzene rings is 4. The van der Waals surface area contributed by atoms with E-state index in [9.17, 15) is 19.5 Å². The highest BCUT2D eigenvalue weighted by Gasteiger charge is 2.77. The number of allylic oxidation sites excluding steroid dienone is 1. The zero-order valence-corrected chi connectivity index (χ0v) is 40.2. The molecule has 4 aromatic carbocycles. The molecule has 70 heavy (non-hydrogen) atoms. The molecule has 4 heterocycles. The minimum atomic E-state index is -1.62. The monoisotopic (exact) mass is 953 g/mol. The number of rotatable bonds is 16. The quantitative estimate of drug-likeness (QED) is 0.0937. The van der Waals surface area contributed by atoms with Crippen LogP contribution in [0.5, 0.6) is 0 Å². The topological polar surface area (TPSA) is 166 Å². The largest absolute Gasteiger partial charge is 0.460 e. The zero-order valence-electron chi connectivity index (χ0n) is 40.2. The lowest BCUT2D eigenvalue weighted by Gasteiger charge is -2.50. The van der Waals surface area contributed by atoms with Crippen molar-refractivity contribution < 1.29 is 52.8 Å². The molecular weight excluding hydrogens is 891 g/mol. The van der Waals surface area contributed by atoms with E-state index in [0.717, 1.165) is 36.0 Å². The number of nitrogens with one attached hydrogen (secondary N) is 1. The van der Waals surface area contributed by atoms with Gasteiger partial charge in [0.2, 0.25) is 17.6 Å². The van der Waals surface area contributed by atoms with Crippen LogP contribution < -0.4 is 5.32 Å². The Morgan fingerprint density at radius 1 is 0.871 bits per heavy atom. The Balaban J connectivity index is 1.00. The number of likely N-dealkylation sites (N-methyl/N-ethyl adjacent to an activating group) is 1. The van der Waals surface area contributed by atoms with Crippen molar-refractivity contribution in [2.45, 2.75) is 138 Å². The molecule has 4 aliphatic heterocycles. The van der Waals surface area contributed by atoms with Gasteiger partial charge < -0.3 is 39.0 Å². The molecule has 11 unspecified atom stereocenters. The van der Waals surface area contributed by atoms with Crippen molar-refractivity contribution in [2.24, 2.45) is 11.3 Å². The predicted molar refractivity (Wildman–Crippen MR) is 257 cm³/mol. The average Bonchev–Trinajstić information content (AvgIpc) is 3.88. The molecule has 11 atom stereocenters. The van der Waals surface area contributed by atoms with Crippen LogP contribution in [0.15, 0.2) is 121 Å². The van der Waals surface area contributed by atoms with E-state index in [1.54, 1.807) is 32.9 Å². The van der Waals surface area contributed by atoms with Crippen LogP contribution in [0.25, 0.3) is 6.08 Å². The molecule has 2 bridgehead atoms. The number of carbonyl (C=O) groups excluding carboxylic acids is 4. The molecule has 0 spiro atoms. The van der Waals surface area contributed by atoms with Crippen LogP contribution in [0.4, 0.5) is 0 Å². The summed E-state index contributed by atoms with van der Waals surface area (Å²) in [6.45, 7) is 5.00. The van der Waals surface area contributed by atoms with E-state index in [2.05, 4.69) is 23.5 Å². The number of aliphatic hydroxyl groups excluding tert-OH is 1. The molecule has 10 rings (SSSR count). The number of carbonyl (C=O) groups is 4. The number of amides is 2. The van der Waals surface area contributed by atoms with E-state index in [1.165, 1.54) is 4.90 Å². The molecule has 4 saturated heterocycles. The van der Waals surface area contributed by atoms with Crippen LogP contribution in [0.1, 0.15) is 87.1 Å². The van der Waals surface area contributed by atoms with Gasteiger partial charge in [-0.15, -0.1) is 0 Å². The summed E-state index contributed by atoms with van der Waals surface area (Å²) in [5, 5.41) is 15.0. The maximum atomic E-state index is 16.1. The van der Waals surface area contributed by atoms with E-state index < -0.39 is 89.7 Å². The van der Waals surface area contributed by atoms with Gasteiger partial charge in [-0.1, -0.05) is 127 Å². The fraction of sp³-hybridized carbons (Fsp3) is 0.464. The first-order valence-corrected chi connectivity index (χ1v) is 24.7. The number of epoxide rings is 1.